The van der Waals surface area contributed by atoms with Crippen LogP contribution in [0.2, 0.25) is 0 Å². The van der Waals surface area contributed by atoms with Gasteiger partial charge in [-0.25, -0.2) is 0 Å². The fourth-order valence-corrected chi connectivity index (χ4v) is 4.57. The molecule has 0 unspecified atom stereocenters. The number of nitrogens with one attached hydrogen (secondary N) is 1. The van der Waals surface area contributed by atoms with Gasteiger partial charge in [-0.1, -0.05) is 33.1 Å². The van der Waals surface area contributed by atoms with E-state index < -0.39 is 0 Å². The topological polar surface area (TPSA) is 12.0 Å². The summed E-state index contributed by atoms with van der Waals surface area (Å²) in [6.45, 7) is 5.93. The first-order valence-corrected chi connectivity index (χ1v) is 10.7. The van der Waals surface area contributed by atoms with Crippen molar-refractivity contribution >= 4 is 11.8 Å². The molecule has 0 spiro atoms. The molecule has 0 radical (unpaired) electrons. The van der Waals surface area contributed by atoms with E-state index in [1.54, 1.807) is 0 Å². The van der Waals surface area contributed by atoms with Gasteiger partial charge in [0.1, 0.15) is 0 Å². The lowest BCUT2D eigenvalue weighted by atomic mass is 9.67. The van der Waals surface area contributed by atoms with Crippen LogP contribution in [0.5, 0.6) is 0 Å². The average Bonchev–Trinajstić information content (AvgIpc) is 3.34. The molecule has 0 aromatic rings. The van der Waals surface area contributed by atoms with Crippen molar-refractivity contribution in [2.45, 2.75) is 90.5 Å². The first kappa shape index (κ1) is 17.7. The molecule has 0 amide bonds. The van der Waals surface area contributed by atoms with E-state index in [0.717, 1.165) is 12.0 Å². The summed E-state index contributed by atoms with van der Waals surface area (Å²) >= 11 is 2.12. The molecule has 2 rings (SSSR count). The molecule has 2 fully saturated rings. The van der Waals surface area contributed by atoms with Gasteiger partial charge in [-0.05, 0) is 74.2 Å². The maximum atomic E-state index is 3.86. The summed E-state index contributed by atoms with van der Waals surface area (Å²) in [4.78, 5) is 0. The van der Waals surface area contributed by atoms with Crippen LogP contribution in [0.15, 0.2) is 0 Å². The summed E-state index contributed by atoms with van der Waals surface area (Å²) in [7, 11) is 0. The Labute approximate surface area is 137 Å². The highest BCUT2D eigenvalue weighted by Crippen LogP contribution is 2.44. The second-order valence-electron chi connectivity index (χ2n) is 7.54. The van der Waals surface area contributed by atoms with Crippen molar-refractivity contribution in [3.8, 4) is 0 Å². The van der Waals surface area contributed by atoms with Gasteiger partial charge in [0.25, 0.3) is 0 Å². The molecule has 2 aliphatic carbocycles. The molecule has 2 heteroatoms. The molecule has 2 aliphatic rings. The lowest BCUT2D eigenvalue weighted by Gasteiger charge is -2.41. The van der Waals surface area contributed by atoms with E-state index in [0.29, 0.717) is 5.41 Å². The smallest absolute Gasteiger partial charge is 0.00684 e. The van der Waals surface area contributed by atoms with E-state index in [9.17, 15) is 0 Å². The Morgan fingerprint density at radius 2 is 1.81 bits per heavy atom. The zero-order valence-electron chi connectivity index (χ0n) is 14.5. The number of hydrogen-bond donors (Lipinski definition) is 1. The third kappa shape index (κ3) is 6.52. The van der Waals surface area contributed by atoms with E-state index in [1.807, 2.05) is 0 Å². The van der Waals surface area contributed by atoms with Crippen molar-refractivity contribution in [2.24, 2.45) is 11.3 Å². The van der Waals surface area contributed by atoms with Gasteiger partial charge in [0.15, 0.2) is 0 Å². The molecule has 0 aromatic heterocycles. The highest BCUT2D eigenvalue weighted by atomic mass is 32.2. The molecule has 0 aliphatic heterocycles. The van der Waals surface area contributed by atoms with Crippen molar-refractivity contribution < 1.29 is 0 Å². The van der Waals surface area contributed by atoms with Crippen molar-refractivity contribution in [1.82, 2.24) is 5.32 Å². The molecule has 0 heterocycles. The standard InChI is InChI=1S/C19H37NS/c1-3-5-7-17-10-13-19(14-11-17,12-6-15-21-4-2)16-20-18-8-9-18/h17-18,20H,3-16H2,1-2H3. The van der Waals surface area contributed by atoms with Gasteiger partial charge in [-0.2, -0.15) is 11.8 Å². The summed E-state index contributed by atoms with van der Waals surface area (Å²) in [6.07, 6.45) is 16.1. The lowest BCUT2D eigenvalue weighted by Crippen LogP contribution is -2.38. The molecule has 124 valence electrons. The summed E-state index contributed by atoms with van der Waals surface area (Å²) < 4.78 is 0. The van der Waals surface area contributed by atoms with Crippen LogP contribution < -0.4 is 5.32 Å². The third-order valence-corrected chi connectivity index (χ3v) is 6.66. The number of rotatable bonds is 11. The van der Waals surface area contributed by atoms with Crippen LogP contribution in [0.4, 0.5) is 0 Å². The lowest BCUT2D eigenvalue weighted by molar-refractivity contribution is 0.126. The maximum absolute atomic E-state index is 3.86. The molecule has 0 bridgehead atoms. The zero-order valence-corrected chi connectivity index (χ0v) is 15.3. The van der Waals surface area contributed by atoms with Gasteiger partial charge in [0.2, 0.25) is 0 Å². The van der Waals surface area contributed by atoms with E-state index >= 15 is 0 Å². The van der Waals surface area contributed by atoms with E-state index in [-0.39, 0.29) is 0 Å². The molecule has 0 saturated heterocycles. The molecule has 0 aromatic carbocycles. The molecular formula is C19H37NS. The Morgan fingerprint density at radius 1 is 1.05 bits per heavy atom. The van der Waals surface area contributed by atoms with Crippen molar-refractivity contribution in [2.75, 3.05) is 18.1 Å². The van der Waals surface area contributed by atoms with Gasteiger partial charge >= 0.3 is 0 Å². The van der Waals surface area contributed by atoms with E-state index in [4.69, 9.17) is 0 Å². The van der Waals surface area contributed by atoms with Crippen molar-refractivity contribution in [1.29, 1.82) is 0 Å². The monoisotopic (exact) mass is 311 g/mol. The summed E-state index contributed by atoms with van der Waals surface area (Å²) in [5, 5.41) is 3.86. The zero-order chi connectivity index (χ0) is 15.0. The Morgan fingerprint density at radius 3 is 2.43 bits per heavy atom. The molecular weight excluding hydrogens is 274 g/mol. The normalized spacial score (nSPS) is 29.7. The van der Waals surface area contributed by atoms with Crippen LogP contribution in [0.3, 0.4) is 0 Å². The van der Waals surface area contributed by atoms with Gasteiger partial charge in [-0.3, -0.25) is 0 Å². The van der Waals surface area contributed by atoms with Crippen LogP contribution in [-0.4, -0.2) is 24.1 Å². The van der Waals surface area contributed by atoms with Gasteiger partial charge in [0.05, 0.1) is 0 Å². The average molecular weight is 312 g/mol. The molecule has 1 nitrogen and oxygen atoms in total. The van der Waals surface area contributed by atoms with Crippen LogP contribution in [0.25, 0.3) is 0 Å². The minimum atomic E-state index is 0.652. The predicted octanol–water partition coefficient (Wildman–Crippen LogP) is 5.64. The highest BCUT2D eigenvalue weighted by molar-refractivity contribution is 7.99. The van der Waals surface area contributed by atoms with Gasteiger partial charge in [0, 0.05) is 12.6 Å². The highest BCUT2D eigenvalue weighted by Gasteiger charge is 2.35. The van der Waals surface area contributed by atoms with Crippen molar-refractivity contribution in [3.63, 3.8) is 0 Å². The predicted molar refractivity (Wildman–Crippen MR) is 97.2 cm³/mol. The Kier molecular flexibility index (Phi) is 7.95. The van der Waals surface area contributed by atoms with Gasteiger partial charge < -0.3 is 5.32 Å². The molecule has 21 heavy (non-hydrogen) atoms. The van der Waals surface area contributed by atoms with Gasteiger partial charge in [-0.15, -0.1) is 0 Å². The van der Waals surface area contributed by atoms with Crippen molar-refractivity contribution in [3.05, 3.63) is 0 Å². The number of unbranched alkanes of at least 4 members (excludes halogenated alkanes) is 1. The minimum absolute atomic E-state index is 0.652. The first-order valence-electron chi connectivity index (χ1n) is 9.59. The summed E-state index contributed by atoms with van der Waals surface area (Å²) in [6, 6.07) is 0.879. The third-order valence-electron chi connectivity index (χ3n) is 5.67. The summed E-state index contributed by atoms with van der Waals surface area (Å²) in [5.41, 5.74) is 0.652. The fraction of sp³-hybridized carbons (Fsp3) is 1.00. The van der Waals surface area contributed by atoms with E-state index in [2.05, 4.69) is 30.9 Å². The molecule has 2 saturated carbocycles. The van der Waals surface area contributed by atoms with Crippen LogP contribution in [0, 0.1) is 11.3 Å². The summed E-state index contributed by atoms with van der Waals surface area (Å²) in [5.74, 6) is 3.71. The maximum Gasteiger partial charge on any atom is 0.00684 e. The van der Waals surface area contributed by atoms with Crippen LogP contribution in [0.1, 0.15) is 84.5 Å². The first-order chi connectivity index (χ1) is 10.3. The number of hydrogen-bond acceptors (Lipinski definition) is 2. The molecule has 0 atom stereocenters. The fourth-order valence-electron chi connectivity index (χ4n) is 3.93. The van der Waals surface area contributed by atoms with E-state index in [1.165, 1.54) is 88.7 Å². The largest absolute Gasteiger partial charge is 0.313 e. The van der Waals surface area contributed by atoms with Crippen LogP contribution >= 0.6 is 11.8 Å². The second-order valence-corrected chi connectivity index (χ2v) is 8.94. The second kappa shape index (κ2) is 9.45. The minimum Gasteiger partial charge on any atom is -0.313 e. The van der Waals surface area contributed by atoms with Crippen LogP contribution in [-0.2, 0) is 0 Å². The SMILES string of the molecule is CCCCC1CCC(CCCSCC)(CNC2CC2)CC1. The Hall–Kier alpha value is 0.310. The Bertz CT molecular complexity index is 267. The number of thioether (sulfide) groups is 1. The Balaban J connectivity index is 1.75. The molecule has 1 N–H and O–H groups in total. The quantitative estimate of drug-likeness (QED) is 0.496.